The van der Waals surface area contributed by atoms with E-state index in [-0.39, 0.29) is 6.61 Å². The van der Waals surface area contributed by atoms with Gasteiger partial charge in [-0.1, -0.05) is 35.9 Å². The lowest BCUT2D eigenvalue weighted by Gasteiger charge is -2.33. The lowest BCUT2D eigenvalue weighted by molar-refractivity contribution is 0.182. The third kappa shape index (κ3) is 5.99. The first kappa shape index (κ1) is 19.2. The third-order valence-corrected chi connectivity index (χ3v) is 4.96. The standard InChI is InChI=1S/C21H27ClN2O2/c22-19-7-3-18(4-8-19)15-24-11-1-2-20(16-24)23-14-17-5-9-21(10-6-17)26-13-12-25/h3-10,20,23,25H,1-2,11-16H2. The first-order valence-corrected chi connectivity index (χ1v) is 9.63. The van der Waals surface area contributed by atoms with Gasteiger partial charge in [0, 0.05) is 30.7 Å². The van der Waals surface area contributed by atoms with Crippen LogP contribution in [0.4, 0.5) is 0 Å². The Morgan fingerprint density at radius 3 is 2.54 bits per heavy atom. The van der Waals surface area contributed by atoms with E-state index in [1.165, 1.54) is 24.0 Å². The molecule has 140 valence electrons. The normalized spacial score (nSPS) is 18.0. The molecule has 0 bridgehead atoms. The molecule has 2 N–H and O–H groups in total. The van der Waals surface area contributed by atoms with Crippen molar-refractivity contribution in [3.05, 3.63) is 64.7 Å². The van der Waals surface area contributed by atoms with Crippen LogP contribution in [0.2, 0.25) is 5.02 Å². The molecule has 0 radical (unpaired) electrons. The largest absolute Gasteiger partial charge is 0.491 e. The minimum Gasteiger partial charge on any atom is -0.491 e. The molecule has 1 aliphatic heterocycles. The first-order valence-electron chi connectivity index (χ1n) is 9.26. The van der Waals surface area contributed by atoms with Gasteiger partial charge in [0.15, 0.2) is 0 Å². The lowest BCUT2D eigenvalue weighted by atomic mass is 10.0. The molecule has 0 spiro atoms. The zero-order valence-electron chi connectivity index (χ0n) is 15.0. The van der Waals surface area contributed by atoms with Crippen LogP contribution in [0.15, 0.2) is 48.5 Å². The van der Waals surface area contributed by atoms with E-state index in [0.29, 0.717) is 12.6 Å². The number of hydrogen-bond acceptors (Lipinski definition) is 4. The second-order valence-corrected chi connectivity index (χ2v) is 7.23. The fraction of sp³-hybridized carbons (Fsp3) is 0.429. The van der Waals surface area contributed by atoms with Crippen molar-refractivity contribution in [3.63, 3.8) is 0 Å². The van der Waals surface area contributed by atoms with Crippen molar-refractivity contribution in [1.82, 2.24) is 10.2 Å². The Labute approximate surface area is 160 Å². The highest BCUT2D eigenvalue weighted by Crippen LogP contribution is 2.17. The number of nitrogens with zero attached hydrogens (tertiary/aromatic N) is 1. The Hall–Kier alpha value is -1.59. The summed E-state index contributed by atoms with van der Waals surface area (Å²) in [7, 11) is 0. The second kappa shape index (κ2) is 9.93. The van der Waals surface area contributed by atoms with Crippen molar-refractivity contribution >= 4 is 11.6 Å². The van der Waals surface area contributed by atoms with E-state index in [0.717, 1.165) is 37.0 Å². The van der Waals surface area contributed by atoms with E-state index >= 15 is 0 Å². The molecule has 3 rings (SSSR count). The van der Waals surface area contributed by atoms with Gasteiger partial charge >= 0.3 is 0 Å². The summed E-state index contributed by atoms with van der Waals surface area (Å²) in [6, 6.07) is 16.7. The van der Waals surface area contributed by atoms with Crippen LogP contribution in [-0.2, 0) is 13.1 Å². The molecule has 2 aromatic carbocycles. The molecule has 1 unspecified atom stereocenters. The molecule has 1 atom stereocenters. The van der Waals surface area contributed by atoms with Crippen LogP contribution in [0.25, 0.3) is 0 Å². The minimum absolute atomic E-state index is 0.0392. The van der Waals surface area contributed by atoms with Crippen LogP contribution < -0.4 is 10.1 Å². The number of piperidine rings is 1. The van der Waals surface area contributed by atoms with Crippen LogP contribution in [0, 0.1) is 0 Å². The maximum absolute atomic E-state index is 8.79. The fourth-order valence-electron chi connectivity index (χ4n) is 3.34. The molecule has 2 aromatic rings. The van der Waals surface area contributed by atoms with Crippen LogP contribution >= 0.6 is 11.6 Å². The Morgan fingerprint density at radius 2 is 1.81 bits per heavy atom. The second-order valence-electron chi connectivity index (χ2n) is 6.80. The predicted octanol–water partition coefficient (Wildman–Crippen LogP) is 3.47. The van der Waals surface area contributed by atoms with Crippen LogP contribution in [0.1, 0.15) is 24.0 Å². The van der Waals surface area contributed by atoms with Crippen molar-refractivity contribution in [3.8, 4) is 5.75 Å². The molecule has 0 aromatic heterocycles. The van der Waals surface area contributed by atoms with E-state index in [2.05, 4.69) is 34.5 Å². The summed E-state index contributed by atoms with van der Waals surface area (Å²) in [6.07, 6.45) is 2.44. The quantitative estimate of drug-likeness (QED) is 0.742. The van der Waals surface area contributed by atoms with Crippen molar-refractivity contribution in [1.29, 1.82) is 0 Å². The van der Waals surface area contributed by atoms with Crippen LogP contribution in [0.5, 0.6) is 5.75 Å². The predicted molar refractivity (Wildman–Crippen MR) is 106 cm³/mol. The Morgan fingerprint density at radius 1 is 1.08 bits per heavy atom. The average molecular weight is 375 g/mol. The van der Waals surface area contributed by atoms with E-state index < -0.39 is 0 Å². The van der Waals surface area contributed by atoms with Crippen LogP contribution in [0.3, 0.4) is 0 Å². The summed E-state index contributed by atoms with van der Waals surface area (Å²) in [5.74, 6) is 0.801. The summed E-state index contributed by atoms with van der Waals surface area (Å²) in [4.78, 5) is 2.51. The summed E-state index contributed by atoms with van der Waals surface area (Å²) in [5.41, 5.74) is 2.56. The highest BCUT2D eigenvalue weighted by atomic mass is 35.5. The summed E-state index contributed by atoms with van der Waals surface area (Å²) in [5, 5.41) is 13.3. The zero-order valence-corrected chi connectivity index (χ0v) is 15.8. The topological polar surface area (TPSA) is 44.7 Å². The number of hydrogen-bond donors (Lipinski definition) is 2. The highest BCUT2D eigenvalue weighted by Gasteiger charge is 2.19. The molecule has 1 saturated heterocycles. The van der Waals surface area contributed by atoms with Crippen molar-refractivity contribution in [2.24, 2.45) is 0 Å². The summed E-state index contributed by atoms with van der Waals surface area (Å²) < 4.78 is 5.40. The first-order chi connectivity index (χ1) is 12.7. The number of ether oxygens (including phenoxy) is 1. The summed E-state index contributed by atoms with van der Waals surface area (Å²) >= 11 is 5.97. The maximum Gasteiger partial charge on any atom is 0.119 e. The fourth-order valence-corrected chi connectivity index (χ4v) is 3.47. The zero-order chi connectivity index (χ0) is 18.2. The molecule has 0 aliphatic carbocycles. The SMILES string of the molecule is OCCOc1ccc(CNC2CCCN(Cc3ccc(Cl)cc3)C2)cc1. The van der Waals surface area contributed by atoms with Gasteiger partial charge in [0.1, 0.15) is 12.4 Å². The van der Waals surface area contributed by atoms with Gasteiger partial charge in [-0.05, 0) is 54.8 Å². The number of aliphatic hydroxyl groups is 1. The molecule has 1 aliphatic rings. The number of likely N-dealkylation sites (tertiary alicyclic amines) is 1. The van der Waals surface area contributed by atoms with Gasteiger partial charge in [-0.15, -0.1) is 0 Å². The van der Waals surface area contributed by atoms with Gasteiger partial charge in [0.2, 0.25) is 0 Å². The molecule has 1 heterocycles. The van der Waals surface area contributed by atoms with Gasteiger partial charge in [0.25, 0.3) is 0 Å². The molecular weight excluding hydrogens is 348 g/mol. The van der Waals surface area contributed by atoms with Crippen molar-refractivity contribution in [2.45, 2.75) is 32.0 Å². The highest BCUT2D eigenvalue weighted by molar-refractivity contribution is 6.30. The molecule has 0 amide bonds. The van der Waals surface area contributed by atoms with Gasteiger partial charge < -0.3 is 15.2 Å². The molecule has 4 nitrogen and oxygen atoms in total. The summed E-state index contributed by atoms with van der Waals surface area (Å²) in [6.45, 7) is 4.44. The Balaban J connectivity index is 1.45. The van der Waals surface area contributed by atoms with Crippen LogP contribution in [-0.4, -0.2) is 42.4 Å². The van der Waals surface area contributed by atoms with Gasteiger partial charge in [-0.2, -0.15) is 0 Å². The third-order valence-electron chi connectivity index (χ3n) is 4.70. The number of aliphatic hydroxyl groups excluding tert-OH is 1. The van der Waals surface area contributed by atoms with Gasteiger partial charge in [0.05, 0.1) is 6.61 Å². The number of nitrogens with one attached hydrogen (secondary N) is 1. The average Bonchev–Trinajstić information content (AvgIpc) is 2.68. The molecule has 0 saturated carbocycles. The molecule has 1 fully saturated rings. The lowest BCUT2D eigenvalue weighted by Crippen LogP contribution is -2.45. The van der Waals surface area contributed by atoms with E-state index in [9.17, 15) is 0 Å². The Bertz CT molecular complexity index is 661. The van der Waals surface area contributed by atoms with E-state index in [1.807, 2.05) is 24.3 Å². The van der Waals surface area contributed by atoms with Crippen molar-refractivity contribution in [2.75, 3.05) is 26.3 Å². The Kier molecular flexibility index (Phi) is 7.32. The number of halogens is 1. The van der Waals surface area contributed by atoms with Gasteiger partial charge in [-0.3, -0.25) is 4.90 Å². The monoisotopic (exact) mass is 374 g/mol. The molecule has 5 heteroatoms. The number of rotatable bonds is 8. The molecular formula is C21H27ClN2O2. The smallest absolute Gasteiger partial charge is 0.119 e. The molecule has 26 heavy (non-hydrogen) atoms. The van der Waals surface area contributed by atoms with E-state index in [4.69, 9.17) is 21.4 Å². The van der Waals surface area contributed by atoms with E-state index in [1.54, 1.807) is 0 Å². The van der Waals surface area contributed by atoms with Gasteiger partial charge in [-0.25, -0.2) is 0 Å². The minimum atomic E-state index is 0.0392. The van der Waals surface area contributed by atoms with Crippen molar-refractivity contribution < 1.29 is 9.84 Å². The maximum atomic E-state index is 8.79. The number of benzene rings is 2.